The van der Waals surface area contributed by atoms with Crippen LogP contribution in [0.4, 0.5) is 11.5 Å². The van der Waals surface area contributed by atoms with Crippen molar-refractivity contribution in [3.05, 3.63) is 12.3 Å². The quantitative estimate of drug-likeness (QED) is 0.872. The second-order valence-corrected chi connectivity index (χ2v) is 8.32. The lowest BCUT2D eigenvalue weighted by Crippen LogP contribution is -2.57. The van der Waals surface area contributed by atoms with Gasteiger partial charge in [-0.2, -0.15) is 0 Å². The Morgan fingerprint density at radius 1 is 1.24 bits per heavy atom. The van der Waals surface area contributed by atoms with E-state index in [1.54, 1.807) is 7.11 Å². The molecule has 3 N–H and O–H groups in total. The van der Waals surface area contributed by atoms with Crippen molar-refractivity contribution in [2.24, 2.45) is 11.1 Å². The lowest BCUT2D eigenvalue weighted by atomic mass is 9.52. The Labute approximate surface area is 150 Å². The van der Waals surface area contributed by atoms with Crippen LogP contribution in [-0.2, 0) is 4.74 Å². The Bertz CT molecular complexity index is 614. The van der Waals surface area contributed by atoms with Gasteiger partial charge in [0.25, 0.3) is 0 Å². The van der Waals surface area contributed by atoms with E-state index in [-0.39, 0.29) is 12.2 Å². The first kappa shape index (κ1) is 16.9. The van der Waals surface area contributed by atoms with E-state index in [0.717, 1.165) is 30.3 Å². The molecule has 6 heteroatoms. The van der Waals surface area contributed by atoms with Crippen LogP contribution in [0.15, 0.2) is 12.3 Å². The average molecular weight is 346 g/mol. The number of rotatable bonds is 4. The molecular weight excluding hydrogens is 316 g/mol. The lowest BCUT2D eigenvalue weighted by molar-refractivity contribution is -0.00546. The molecule has 2 heterocycles. The molecule has 25 heavy (non-hydrogen) atoms. The van der Waals surface area contributed by atoms with E-state index in [2.05, 4.69) is 29.0 Å². The summed E-state index contributed by atoms with van der Waals surface area (Å²) in [6.45, 7) is 5.93. The van der Waals surface area contributed by atoms with Crippen molar-refractivity contribution in [2.45, 2.75) is 63.8 Å². The fraction of sp³-hybridized carbons (Fsp3) is 0.737. The molecule has 0 unspecified atom stereocenters. The molecule has 0 amide bonds. The summed E-state index contributed by atoms with van der Waals surface area (Å²) in [5.41, 5.74) is 7.47. The maximum absolute atomic E-state index is 5.95. The van der Waals surface area contributed by atoms with E-state index < -0.39 is 0 Å². The van der Waals surface area contributed by atoms with Crippen molar-refractivity contribution in [1.82, 2.24) is 4.98 Å². The predicted octanol–water partition coefficient (Wildman–Crippen LogP) is 2.39. The van der Waals surface area contributed by atoms with Crippen LogP contribution in [0.5, 0.6) is 5.75 Å². The maximum atomic E-state index is 5.95. The highest BCUT2D eigenvalue weighted by Crippen LogP contribution is 2.56. The lowest BCUT2D eigenvalue weighted by Gasteiger charge is -2.57. The van der Waals surface area contributed by atoms with Gasteiger partial charge in [-0.05, 0) is 44.9 Å². The minimum Gasteiger partial charge on any atom is -0.494 e. The third kappa shape index (κ3) is 3.29. The van der Waals surface area contributed by atoms with Gasteiger partial charge in [0.2, 0.25) is 0 Å². The number of aromatic nitrogens is 1. The molecule has 138 valence electrons. The standard InChI is InChI=1S/C19H30N4O2/c1-12-10-23(11-13(2)25-12)18-4-17(24-3)16(9-21-18)22-15-7-19(8-15)5-14(20)6-19/h4,9,12-15,22H,5-8,10-11,20H2,1-3H3/t12-,13+,14?,15?,19?. The molecule has 1 aliphatic heterocycles. The number of hydrogen-bond acceptors (Lipinski definition) is 6. The SMILES string of the molecule is COc1cc(N2C[C@@H](C)O[C@@H](C)C2)ncc1NC1CC2(CC(N)C2)C1. The van der Waals surface area contributed by atoms with Gasteiger partial charge >= 0.3 is 0 Å². The van der Waals surface area contributed by atoms with Gasteiger partial charge in [-0.25, -0.2) is 4.98 Å². The number of methoxy groups -OCH3 is 1. The highest BCUT2D eigenvalue weighted by Gasteiger charge is 2.51. The van der Waals surface area contributed by atoms with Crippen molar-refractivity contribution < 1.29 is 9.47 Å². The number of nitrogens with zero attached hydrogens (tertiary/aromatic N) is 2. The molecule has 2 aliphatic carbocycles. The topological polar surface area (TPSA) is 72.6 Å². The molecule has 2 saturated carbocycles. The fourth-order valence-electron chi connectivity index (χ4n) is 4.94. The van der Waals surface area contributed by atoms with Crippen molar-refractivity contribution in [3.8, 4) is 5.75 Å². The molecule has 1 spiro atoms. The van der Waals surface area contributed by atoms with Gasteiger partial charge in [-0.3, -0.25) is 0 Å². The number of nitrogens with one attached hydrogen (secondary N) is 1. The largest absolute Gasteiger partial charge is 0.494 e. The monoisotopic (exact) mass is 346 g/mol. The molecule has 6 nitrogen and oxygen atoms in total. The molecule has 0 bridgehead atoms. The van der Waals surface area contributed by atoms with Crippen LogP contribution in [-0.4, -0.2) is 49.5 Å². The van der Waals surface area contributed by atoms with Crippen LogP contribution in [0.1, 0.15) is 39.5 Å². The Hall–Kier alpha value is -1.53. The van der Waals surface area contributed by atoms with Gasteiger partial charge < -0.3 is 25.4 Å². The molecule has 0 radical (unpaired) electrons. The van der Waals surface area contributed by atoms with Gasteiger partial charge in [-0.1, -0.05) is 0 Å². The summed E-state index contributed by atoms with van der Waals surface area (Å²) in [4.78, 5) is 6.96. The Kier molecular flexibility index (Phi) is 4.28. The molecule has 0 aromatic carbocycles. The first-order chi connectivity index (χ1) is 12.0. The van der Waals surface area contributed by atoms with E-state index in [0.29, 0.717) is 17.5 Å². The van der Waals surface area contributed by atoms with Crippen LogP contribution >= 0.6 is 0 Å². The number of morpholine rings is 1. The smallest absolute Gasteiger partial charge is 0.147 e. The van der Waals surface area contributed by atoms with E-state index in [1.807, 2.05) is 12.3 Å². The van der Waals surface area contributed by atoms with E-state index in [4.69, 9.17) is 15.2 Å². The second kappa shape index (κ2) is 6.32. The first-order valence-electron chi connectivity index (χ1n) is 9.43. The summed E-state index contributed by atoms with van der Waals surface area (Å²) in [5, 5.41) is 3.61. The summed E-state index contributed by atoms with van der Waals surface area (Å²) >= 11 is 0. The summed E-state index contributed by atoms with van der Waals surface area (Å²) < 4.78 is 11.4. The van der Waals surface area contributed by atoms with Gasteiger partial charge in [-0.15, -0.1) is 0 Å². The summed E-state index contributed by atoms with van der Waals surface area (Å²) in [6.07, 6.45) is 7.15. The van der Waals surface area contributed by atoms with Gasteiger partial charge in [0.15, 0.2) is 0 Å². The van der Waals surface area contributed by atoms with Crippen LogP contribution in [0.3, 0.4) is 0 Å². The normalized spacial score (nSPS) is 37.4. The highest BCUT2D eigenvalue weighted by molar-refractivity contribution is 5.61. The molecule has 1 aromatic heterocycles. The number of hydrogen-bond donors (Lipinski definition) is 2. The van der Waals surface area contributed by atoms with Crippen LogP contribution in [0.2, 0.25) is 0 Å². The molecule has 2 atom stereocenters. The molecule has 3 fully saturated rings. The van der Waals surface area contributed by atoms with Gasteiger partial charge in [0.05, 0.1) is 31.2 Å². The molecular formula is C19H30N4O2. The molecule has 4 rings (SSSR count). The van der Waals surface area contributed by atoms with Crippen LogP contribution in [0.25, 0.3) is 0 Å². The van der Waals surface area contributed by atoms with Crippen molar-refractivity contribution >= 4 is 11.5 Å². The summed E-state index contributed by atoms with van der Waals surface area (Å²) in [6, 6.07) is 2.98. The van der Waals surface area contributed by atoms with E-state index in [9.17, 15) is 0 Å². The van der Waals surface area contributed by atoms with Crippen LogP contribution < -0.4 is 20.7 Å². The maximum Gasteiger partial charge on any atom is 0.147 e. The zero-order valence-corrected chi connectivity index (χ0v) is 15.5. The molecule has 1 aromatic rings. The van der Waals surface area contributed by atoms with E-state index >= 15 is 0 Å². The Morgan fingerprint density at radius 3 is 2.52 bits per heavy atom. The Morgan fingerprint density at radius 2 is 1.92 bits per heavy atom. The van der Waals surface area contributed by atoms with Crippen molar-refractivity contribution in [3.63, 3.8) is 0 Å². The number of pyridine rings is 1. The summed E-state index contributed by atoms with van der Waals surface area (Å²) in [7, 11) is 1.72. The number of anilines is 2. The highest BCUT2D eigenvalue weighted by atomic mass is 16.5. The fourth-order valence-corrected chi connectivity index (χ4v) is 4.94. The number of nitrogens with two attached hydrogens (primary N) is 1. The minimum atomic E-state index is 0.217. The zero-order valence-electron chi connectivity index (χ0n) is 15.5. The first-order valence-corrected chi connectivity index (χ1v) is 9.43. The van der Waals surface area contributed by atoms with Crippen molar-refractivity contribution in [1.29, 1.82) is 0 Å². The van der Waals surface area contributed by atoms with Crippen molar-refractivity contribution in [2.75, 3.05) is 30.4 Å². The number of ether oxygens (including phenoxy) is 2. The third-order valence-corrected chi connectivity index (χ3v) is 5.92. The third-order valence-electron chi connectivity index (χ3n) is 5.92. The average Bonchev–Trinajstić information content (AvgIpc) is 2.50. The molecule has 3 aliphatic rings. The second-order valence-electron chi connectivity index (χ2n) is 8.32. The zero-order chi connectivity index (χ0) is 17.6. The molecule has 1 saturated heterocycles. The van der Waals surface area contributed by atoms with E-state index in [1.165, 1.54) is 25.7 Å². The van der Waals surface area contributed by atoms with Crippen LogP contribution in [0, 0.1) is 5.41 Å². The van der Waals surface area contributed by atoms with Gasteiger partial charge in [0, 0.05) is 31.2 Å². The minimum absolute atomic E-state index is 0.217. The predicted molar refractivity (Wildman–Crippen MR) is 99.3 cm³/mol. The summed E-state index contributed by atoms with van der Waals surface area (Å²) in [5.74, 6) is 1.82. The van der Waals surface area contributed by atoms with Gasteiger partial charge in [0.1, 0.15) is 11.6 Å². The Balaban J connectivity index is 1.42.